The molecule has 0 saturated heterocycles. The Morgan fingerprint density at radius 3 is 2.71 bits per heavy atom. The number of aryl methyl sites for hydroxylation is 1. The first-order valence-corrected chi connectivity index (χ1v) is 6.41. The first-order valence-electron chi connectivity index (χ1n) is 4.37. The van der Waals surface area contributed by atoms with Gasteiger partial charge in [-0.15, -0.1) is 11.8 Å². The van der Waals surface area contributed by atoms with Crippen LogP contribution in [0.2, 0.25) is 0 Å². The van der Waals surface area contributed by atoms with Gasteiger partial charge in [0, 0.05) is 9.60 Å². The maximum Gasteiger partial charge on any atom is 0.174 e. The lowest BCUT2D eigenvalue weighted by Gasteiger charge is -1.99. The second kappa shape index (κ2) is 3.83. The van der Waals surface area contributed by atoms with E-state index in [-0.39, 0.29) is 0 Å². The quantitative estimate of drug-likeness (QED) is 0.715. The van der Waals surface area contributed by atoms with Gasteiger partial charge in [-0.05, 0) is 42.3 Å². The van der Waals surface area contributed by atoms with E-state index in [0.29, 0.717) is 0 Å². The molecule has 2 aromatic rings. The van der Waals surface area contributed by atoms with E-state index < -0.39 is 0 Å². The molecule has 0 aliphatic heterocycles. The van der Waals surface area contributed by atoms with Crippen molar-refractivity contribution in [1.82, 2.24) is 0 Å². The van der Waals surface area contributed by atoms with Crippen molar-refractivity contribution in [2.24, 2.45) is 0 Å². The summed E-state index contributed by atoms with van der Waals surface area (Å²) >= 11 is 3.49. The van der Waals surface area contributed by atoms with E-state index in [9.17, 15) is 0 Å². The van der Waals surface area contributed by atoms with Gasteiger partial charge in [0.2, 0.25) is 0 Å². The number of hydrogen-bond acceptors (Lipinski definition) is 3. The highest BCUT2D eigenvalue weighted by Crippen LogP contribution is 2.35. The number of ether oxygens (including phenoxy) is 1. The fourth-order valence-corrected chi connectivity index (χ4v) is 3.08. The van der Waals surface area contributed by atoms with Crippen molar-refractivity contribution < 1.29 is 4.74 Å². The molecule has 2 rings (SSSR count). The van der Waals surface area contributed by atoms with Gasteiger partial charge in [0.05, 0.1) is 7.11 Å². The van der Waals surface area contributed by atoms with Crippen molar-refractivity contribution in [3.05, 3.63) is 23.8 Å². The maximum absolute atomic E-state index is 5.24. The van der Waals surface area contributed by atoms with E-state index in [4.69, 9.17) is 4.74 Å². The molecular formula is C11H12OS2. The molecule has 1 heterocycles. The molecule has 0 saturated carbocycles. The highest BCUT2D eigenvalue weighted by Gasteiger charge is 2.05. The van der Waals surface area contributed by atoms with E-state index in [1.165, 1.54) is 20.5 Å². The van der Waals surface area contributed by atoms with Gasteiger partial charge in [-0.25, -0.2) is 0 Å². The van der Waals surface area contributed by atoms with E-state index in [0.717, 1.165) is 5.06 Å². The number of thiophene rings is 1. The molecule has 0 spiro atoms. The topological polar surface area (TPSA) is 9.23 Å². The fraction of sp³-hybridized carbons (Fsp3) is 0.273. The molecule has 0 bridgehead atoms. The van der Waals surface area contributed by atoms with Crippen LogP contribution < -0.4 is 4.74 Å². The van der Waals surface area contributed by atoms with Crippen LogP contribution in [0.5, 0.6) is 5.06 Å². The number of benzene rings is 1. The van der Waals surface area contributed by atoms with E-state index >= 15 is 0 Å². The van der Waals surface area contributed by atoms with E-state index in [2.05, 4.69) is 31.4 Å². The molecule has 0 unspecified atom stereocenters. The Morgan fingerprint density at radius 1 is 1.29 bits per heavy atom. The lowest BCUT2D eigenvalue weighted by molar-refractivity contribution is 0.427. The summed E-state index contributed by atoms with van der Waals surface area (Å²) in [5.74, 6) is 0. The van der Waals surface area contributed by atoms with Crippen molar-refractivity contribution in [2.75, 3.05) is 13.4 Å². The average molecular weight is 224 g/mol. The molecule has 1 aromatic heterocycles. The number of fused-ring (bicyclic) bond motifs is 1. The predicted molar refractivity (Wildman–Crippen MR) is 64.9 cm³/mol. The standard InChI is InChI=1S/C11H12OS2/c1-7-4-8(13-3)5-10-9(7)6-11(12-2)14-10/h4-6H,1-3H3. The predicted octanol–water partition coefficient (Wildman–Crippen LogP) is 3.94. The third-order valence-electron chi connectivity index (χ3n) is 2.23. The summed E-state index contributed by atoms with van der Waals surface area (Å²) in [5, 5.41) is 2.30. The number of rotatable bonds is 2. The van der Waals surface area contributed by atoms with Crippen LogP contribution in [0.1, 0.15) is 5.56 Å². The summed E-state index contributed by atoms with van der Waals surface area (Å²) in [5.41, 5.74) is 1.33. The SMILES string of the molecule is COc1cc2c(C)cc(SC)cc2s1. The first-order chi connectivity index (χ1) is 6.74. The van der Waals surface area contributed by atoms with Crippen molar-refractivity contribution in [2.45, 2.75) is 11.8 Å². The van der Waals surface area contributed by atoms with E-state index in [1.807, 2.05) is 0 Å². The van der Waals surface area contributed by atoms with Crippen molar-refractivity contribution in [1.29, 1.82) is 0 Å². The minimum atomic E-state index is 0.987. The molecule has 0 N–H and O–H groups in total. The normalized spacial score (nSPS) is 10.8. The molecule has 0 atom stereocenters. The van der Waals surface area contributed by atoms with Crippen LogP contribution in [0.3, 0.4) is 0 Å². The number of methoxy groups -OCH3 is 1. The highest BCUT2D eigenvalue weighted by atomic mass is 32.2. The van der Waals surface area contributed by atoms with Gasteiger partial charge in [0.1, 0.15) is 0 Å². The third-order valence-corrected chi connectivity index (χ3v) is 3.98. The zero-order valence-electron chi connectivity index (χ0n) is 8.46. The molecular weight excluding hydrogens is 212 g/mol. The van der Waals surface area contributed by atoms with Crippen LogP contribution in [-0.4, -0.2) is 13.4 Å². The van der Waals surface area contributed by atoms with Gasteiger partial charge in [-0.1, -0.05) is 11.3 Å². The van der Waals surface area contributed by atoms with Gasteiger partial charge in [0.25, 0.3) is 0 Å². The summed E-state index contributed by atoms with van der Waals surface area (Å²) < 4.78 is 6.55. The summed E-state index contributed by atoms with van der Waals surface area (Å²) in [6.45, 7) is 2.15. The number of thioether (sulfide) groups is 1. The van der Waals surface area contributed by atoms with Crippen molar-refractivity contribution in [3.8, 4) is 5.06 Å². The molecule has 1 aromatic carbocycles. The molecule has 0 fully saturated rings. The molecule has 74 valence electrons. The van der Waals surface area contributed by atoms with Gasteiger partial charge in [-0.2, -0.15) is 0 Å². The molecule has 0 amide bonds. The summed E-state index contributed by atoms with van der Waals surface area (Å²) in [4.78, 5) is 1.32. The van der Waals surface area contributed by atoms with Crippen LogP contribution in [0, 0.1) is 6.92 Å². The van der Waals surface area contributed by atoms with Crippen LogP contribution in [0.15, 0.2) is 23.1 Å². The van der Waals surface area contributed by atoms with Crippen LogP contribution in [0.4, 0.5) is 0 Å². The molecule has 0 aliphatic carbocycles. The fourth-order valence-electron chi connectivity index (χ4n) is 1.48. The minimum absolute atomic E-state index is 0.987. The van der Waals surface area contributed by atoms with Crippen LogP contribution in [0.25, 0.3) is 10.1 Å². The second-order valence-corrected chi connectivity index (χ2v) is 5.05. The van der Waals surface area contributed by atoms with Crippen LogP contribution in [-0.2, 0) is 0 Å². The lowest BCUT2D eigenvalue weighted by Crippen LogP contribution is -1.76. The highest BCUT2D eigenvalue weighted by molar-refractivity contribution is 7.98. The first kappa shape index (κ1) is 9.87. The molecule has 0 aliphatic rings. The Hall–Kier alpha value is -0.670. The van der Waals surface area contributed by atoms with E-state index in [1.54, 1.807) is 30.2 Å². The monoisotopic (exact) mass is 224 g/mol. The lowest BCUT2D eigenvalue weighted by atomic mass is 10.1. The van der Waals surface area contributed by atoms with Crippen molar-refractivity contribution in [3.63, 3.8) is 0 Å². The summed E-state index contributed by atoms with van der Waals surface area (Å²) in [6.07, 6.45) is 2.10. The molecule has 1 nitrogen and oxygen atoms in total. The Labute approximate surface area is 92.1 Å². The average Bonchev–Trinajstić information content (AvgIpc) is 2.61. The Bertz CT molecular complexity index is 460. The van der Waals surface area contributed by atoms with Gasteiger partial charge < -0.3 is 4.74 Å². The zero-order valence-corrected chi connectivity index (χ0v) is 10.1. The Balaban J connectivity index is 2.67. The smallest absolute Gasteiger partial charge is 0.174 e. The third kappa shape index (κ3) is 1.62. The Kier molecular flexibility index (Phi) is 2.70. The maximum atomic E-state index is 5.24. The largest absolute Gasteiger partial charge is 0.487 e. The summed E-state index contributed by atoms with van der Waals surface area (Å²) in [6, 6.07) is 6.55. The zero-order chi connectivity index (χ0) is 10.1. The Morgan fingerprint density at radius 2 is 2.07 bits per heavy atom. The molecule has 0 radical (unpaired) electrons. The molecule has 3 heteroatoms. The molecule has 14 heavy (non-hydrogen) atoms. The summed E-state index contributed by atoms with van der Waals surface area (Å²) in [7, 11) is 1.72. The van der Waals surface area contributed by atoms with Gasteiger partial charge in [0.15, 0.2) is 5.06 Å². The van der Waals surface area contributed by atoms with Crippen molar-refractivity contribution >= 4 is 33.2 Å². The van der Waals surface area contributed by atoms with Crippen LogP contribution >= 0.6 is 23.1 Å². The van der Waals surface area contributed by atoms with Gasteiger partial charge in [-0.3, -0.25) is 0 Å². The van der Waals surface area contributed by atoms with Gasteiger partial charge >= 0.3 is 0 Å². The number of hydrogen-bond donors (Lipinski definition) is 0. The second-order valence-electron chi connectivity index (χ2n) is 3.13. The minimum Gasteiger partial charge on any atom is -0.487 e.